The lowest BCUT2D eigenvalue weighted by molar-refractivity contribution is 0.356. The Hall–Kier alpha value is -0.920. The summed E-state index contributed by atoms with van der Waals surface area (Å²) in [6.07, 6.45) is 0.939. The van der Waals surface area contributed by atoms with Crippen LogP contribution >= 0.6 is 11.3 Å². The van der Waals surface area contributed by atoms with E-state index < -0.39 is 0 Å². The number of hydrogen-bond donors (Lipinski definition) is 0. The van der Waals surface area contributed by atoms with Crippen LogP contribution in [0.5, 0.6) is 0 Å². The molecule has 0 aromatic carbocycles. The summed E-state index contributed by atoms with van der Waals surface area (Å²) in [6, 6.07) is 2.08. The highest BCUT2D eigenvalue weighted by atomic mass is 32.1. The molecule has 0 saturated heterocycles. The van der Waals surface area contributed by atoms with E-state index >= 15 is 0 Å². The fraction of sp³-hybridized carbons (Fsp3) is 0.600. The summed E-state index contributed by atoms with van der Waals surface area (Å²) in [6.45, 7) is 6.22. The summed E-state index contributed by atoms with van der Waals surface area (Å²) >= 11 is 1.48. The van der Waals surface area contributed by atoms with E-state index in [1.165, 1.54) is 16.2 Å². The average Bonchev–Trinajstić information content (AvgIpc) is 2.55. The molecule has 76 valence electrons. The van der Waals surface area contributed by atoms with Crippen LogP contribution in [-0.2, 0) is 6.42 Å². The van der Waals surface area contributed by atoms with Crippen molar-refractivity contribution in [2.75, 3.05) is 20.1 Å². The molecule has 14 heavy (non-hydrogen) atoms. The Labute approximate surface area is 89.0 Å². The van der Waals surface area contributed by atoms with Gasteiger partial charge in [-0.15, -0.1) is 11.3 Å². The Balaban J connectivity index is 2.59. The third-order valence-electron chi connectivity index (χ3n) is 2.26. The molecule has 0 radical (unpaired) electrons. The maximum absolute atomic E-state index is 8.69. The van der Waals surface area contributed by atoms with E-state index in [0.29, 0.717) is 5.01 Å². The van der Waals surface area contributed by atoms with E-state index in [9.17, 15) is 0 Å². The van der Waals surface area contributed by atoms with Gasteiger partial charge in [0.1, 0.15) is 6.07 Å². The number of aryl methyl sites for hydroxylation is 1. The van der Waals surface area contributed by atoms with Gasteiger partial charge in [0, 0.05) is 17.8 Å². The van der Waals surface area contributed by atoms with Crippen LogP contribution < -0.4 is 0 Å². The van der Waals surface area contributed by atoms with Crippen molar-refractivity contribution in [3.63, 3.8) is 0 Å². The molecule has 4 heteroatoms. The van der Waals surface area contributed by atoms with Gasteiger partial charge in [-0.2, -0.15) is 5.26 Å². The number of likely N-dealkylation sites (N-methyl/N-ethyl adjacent to an activating group) is 1. The van der Waals surface area contributed by atoms with Crippen LogP contribution in [0.1, 0.15) is 22.5 Å². The second-order valence-electron chi connectivity index (χ2n) is 3.28. The summed E-state index contributed by atoms with van der Waals surface area (Å²) < 4.78 is 0. The second-order valence-corrected chi connectivity index (χ2v) is 4.48. The molecule has 1 aromatic rings. The zero-order valence-electron chi connectivity index (χ0n) is 8.87. The molecule has 0 aliphatic heterocycles. The molecule has 0 aliphatic carbocycles. The van der Waals surface area contributed by atoms with Gasteiger partial charge in [0.15, 0.2) is 5.01 Å². The Kier molecular flexibility index (Phi) is 4.05. The minimum atomic E-state index is 0.580. The van der Waals surface area contributed by atoms with Crippen molar-refractivity contribution in [1.82, 2.24) is 9.88 Å². The molecule has 0 unspecified atom stereocenters. The minimum Gasteiger partial charge on any atom is -0.306 e. The van der Waals surface area contributed by atoms with E-state index in [2.05, 4.69) is 29.9 Å². The SMILES string of the molecule is CCN(C)CCc1nc(C#N)sc1C. The first kappa shape index (κ1) is 11.2. The maximum Gasteiger partial charge on any atom is 0.194 e. The molecule has 0 bridgehead atoms. The third kappa shape index (κ3) is 2.79. The van der Waals surface area contributed by atoms with Gasteiger partial charge in [0.2, 0.25) is 0 Å². The van der Waals surface area contributed by atoms with E-state index in [1.807, 2.05) is 6.92 Å². The summed E-state index contributed by atoms with van der Waals surface area (Å²) in [5.41, 5.74) is 1.08. The molecule has 0 spiro atoms. The van der Waals surface area contributed by atoms with Crippen LogP contribution in [-0.4, -0.2) is 30.0 Å². The number of thiazole rings is 1. The number of aromatic nitrogens is 1. The summed E-state index contributed by atoms with van der Waals surface area (Å²) in [7, 11) is 2.09. The lowest BCUT2D eigenvalue weighted by Crippen LogP contribution is -2.20. The van der Waals surface area contributed by atoms with Gasteiger partial charge in [0.25, 0.3) is 0 Å². The van der Waals surface area contributed by atoms with Gasteiger partial charge in [-0.1, -0.05) is 6.92 Å². The Morgan fingerprint density at radius 3 is 2.79 bits per heavy atom. The summed E-state index contributed by atoms with van der Waals surface area (Å²) in [4.78, 5) is 7.68. The molecule has 0 N–H and O–H groups in total. The van der Waals surface area contributed by atoms with E-state index in [1.54, 1.807) is 0 Å². The lowest BCUT2D eigenvalue weighted by atomic mass is 10.3. The molecule has 0 amide bonds. The predicted octanol–water partition coefficient (Wildman–Crippen LogP) is 1.82. The highest BCUT2D eigenvalue weighted by molar-refractivity contribution is 7.12. The summed E-state index contributed by atoms with van der Waals surface area (Å²) in [5, 5.41) is 9.27. The molecular formula is C10H15N3S. The molecule has 0 atom stereocenters. The molecule has 0 saturated carbocycles. The smallest absolute Gasteiger partial charge is 0.194 e. The first-order valence-corrected chi connectivity index (χ1v) is 5.54. The van der Waals surface area contributed by atoms with Gasteiger partial charge in [-0.25, -0.2) is 4.98 Å². The Morgan fingerprint density at radius 1 is 1.57 bits per heavy atom. The van der Waals surface area contributed by atoms with Crippen molar-refractivity contribution in [2.45, 2.75) is 20.3 Å². The number of hydrogen-bond acceptors (Lipinski definition) is 4. The fourth-order valence-corrected chi connectivity index (χ4v) is 1.92. The molecule has 3 nitrogen and oxygen atoms in total. The zero-order valence-corrected chi connectivity index (χ0v) is 9.69. The van der Waals surface area contributed by atoms with Crippen LogP contribution in [0.4, 0.5) is 0 Å². The molecule has 1 aromatic heterocycles. The lowest BCUT2D eigenvalue weighted by Gasteiger charge is -2.12. The van der Waals surface area contributed by atoms with Crippen molar-refractivity contribution in [3.8, 4) is 6.07 Å². The molecule has 1 rings (SSSR count). The first-order valence-electron chi connectivity index (χ1n) is 4.72. The van der Waals surface area contributed by atoms with E-state index in [0.717, 1.165) is 25.2 Å². The van der Waals surface area contributed by atoms with Crippen molar-refractivity contribution in [1.29, 1.82) is 5.26 Å². The average molecular weight is 209 g/mol. The normalized spacial score (nSPS) is 10.5. The van der Waals surface area contributed by atoms with Crippen LogP contribution in [0.2, 0.25) is 0 Å². The van der Waals surface area contributed by atoms with Gasteiger partial charge in [-0.05, 0) is 20.5 Å². The summed E-state index contributed by atoms with van der Waals surface area (Å²) in [5.74, 6) is 0. The van der Waals surface area contributed by atoms with Crippen LogP contribution in [0, 0.1) is 18.3 Å². The number of rotatable bonds is 4. The first-order chi connectivity index (χ1) is 6.67. The molecular weight excluding hydrogens is 194 g/mol. The fourth-order valence-electron chi connectivity index (χ4n) is 1.16. The van der Waals surface area contributed by atoms with E-state index in [-0.39, 0.29) is 0 Å². The monoisotopic (exact) mass is 209 g/mol. The maximum atomic E-state index is 8.69. The van der Waals surface area contributed by atoms with Crippen LogP contribution in [0.15, 0.2) is 0 Å². The van der Waals surface area contributed by atoms with Gasteiger partial charge < -0.3 is 4.90 Å². The van der Waals surface area contributed by atoms with Crippen LogP contribution in [0.25, 0.3) is 0 Å². The van der Waals surface area contributed by atoms with Crippen molar-refractivity contribution in [2.24, 2.45) is 0 Å². The quantitative estimate of drug-likeness (QED) is 0.759. The molecule has 1 heterocycles. The van der Waals surface area contributed by atoms with Crippen LogP contribution in [0.3, 0.4) is 0 Å². The largest absolute Gasteiger partial charge is 0.306 e. The highest BCUT2D eigenvalue weighted by Crippen LogP contribution is 2.16. The van der Waals surface area contributed by atoms with Gasteiger partial charge in [0.05, 0.1) is 5.69 Å². The standard InChI is InChI=1S/C10H15N3S/c1-4-13(3)6-5-9-8(2)14-10(7-11)12-9/h4-6H2,1-3H3. The molecule has 0 fully saturated rings. The third-order valence-corrected chi connectivity index (χ3v) is 3.18. The molecule has 0 aliphatic rings. The minimum absolute atomic E-state index is 0.580. The predicted molar refractivity (Wildman–Crippen MR) is 58.4 cm³/mol. The van der Waals surface area contributed by atoms with Crippen molar-refractivity contribution in [3.05, 3.63) is 15.6 Å². The van der Waals surface area contributed by atoms with Crippen molar-refractivity contribution < 1.29 is 0 Å². The second kappa shape index (κ2) is 5.08. The van der Waals surface area contributed by atoms with Crippen molar-refractivity contribution >= 4 is 11.3 Å². The topological polar surface area (TPSA) is 39.9 Å². The number of nitrogens with zero attached hydrogens (tertiary/aromatic N) is 3. The zero-order chi connectivity index (χ0) is 10.6. The Bertz CT molecular complexity index is 338. The number of nitriles is 1. The van der Waals surface area contributed by atoms with Gasteiger partial charge in [-0.3, -0.25) is 0 Å². The van der Waals surface area contributed by atoms with E-state index in [4.69, 9.17) is 5.26 Å². The van der Waals surface area contributed by atoms with Gasteiger partial charge >= 0.3 is 0 Å². The Morgan fingerprint density at radius 2 is 2.29 bits per heavy atom. The highest BCUT2D eigenvalue weighted by Gasteiger charge is 2.07.